The van der Waals surface area contributed by atoms with Crippen LogP contribution in [0.4, 0.5) is 10.1 Å². The Morgan fingerprint density at radius 3 is 2.69 bits per heavy atom. The summed E-state index contributed by atoms with van der Waals surface area (Å²) in [6, 6.07) is 11.5. The Morgan fingerprint density at radius 1 is 1.12 bits per heavy atom. The van der Waals surface area contributed by atoms with Crippen molar-refractivity contribution < 1.29 is 14.0 Å². The number of hydrogen-bond acceptors (Lipinski definition) is 4. The number of allylic oxidation sites excluding steroid dienone is 2. The van der Waals surface area contributed by atoms with Gasteiger partial charge >= 0.3 is 0 Å². The second-order valence-electron chi connectivity index (χ2n) is 7.97. The number of anilines is 1. The lowest BCUT2D eigenvalue weighted by Crippen LogP contribution is -2.31. The molecule has 32 heavy (non-hydrogen) atoms. The predicted octanol–water partition coefficient (Wildman–Crippen LogP) is 4.28. The summed E-state index contributed by atoms with van der Waals surface area (Å²) in [4.78, 5) is 38.4. The van der Waals surface area contributed by atoms with Crippen LogP contribution in [0.5, 0.6) is 0 Å². The molecule has 0 radical (unpaired) electrons. The van der Waals surface area contributed by atoms with E-state index < -0.39 is 17.6 Å². The van der Waals surface area contributed by atoms with Crippen molar-refractivity contribution in [3.05, 3.63) is 82.0 Å². The van der Waals surface area contributed by atoms with Gasteiger partial charge in [-0.1, -0.05) is 49.8 Å². The third kappa shape index (κ3) is 4.23. The fraction of sp³-hybridized carbons (Fsp3) is 0.280. The van der Waals surface area contributed by atoms with E-state index in [4.69, 9.17) is 0 Å². The number of aromatic amines is 1. The lowest BCUT2D eigenvalue weighted by molar-refractivity contribution is -0.122. The molecule has 6 nitrogen and oxygen atoms in total. The van der Waals surface area contributed by atoms with Gasteiger partial charge in [-0.25, -0.2) is 14.4 Å². The Hall–Kier alpha value is -3.61. The Kier molecular flexibility index (Phi) is 6.25. The van der Waals surface area contributed by atoms with E-state index in [1.54, 1.807) is 18.2 Å². The SMILES string of the molecule is CCCC=CCC1CC(=O)N(c2cc(Cc3n[nH]c(=O)c4ccccc34)ccc2F)C1=O. The highest BCUT2D eigenvalue weighted by atomic mass is 19.1. The molecule has 164 valence electrons. The molecule has 2 amide bonds. The number of unbranched alkanes of at least 4 members (excludes halogenated alkanes) is 1. The summed E-state index contributed by atoms with van der Waals surface area (Å²) in [6.07, 6.45) is 6.71. The number of hydrogen-bond donors (Lipinski definition) is 1. The third-order valence-electron chi connectivity index (χ3n) is 5.68. The molecule has 0 spiro atoms. The number of rotatable bonds is 7. The highest BCUT2D eigenvalue weighted by Gasteiger charge is 2.39. The molecule has 4 rings (SSSR count). The molecule has 2 heterocycles. The summed E-state index contributed by atoms with van der Waals surface area (Å²) in [5, 5.41) is 7.86. The number of fused-ring (bicyclic) bond motifs is 1. The van der Waals surface area contributed by atoms with Crippen LogP contribution in [0.25, 0.3) is 10.8 Å². The van der Waals surface area contributed by atoms with Crippen LogP contribution in [0, 0.1) is 11.7 Å². The zero-order valence-electron chi connectivity index (χ0n) is 17.8. The Labute approximate surface area is 184 Å². The monoisotopic (exact) mass is 433 g/mol. The maximum atomic E-state index is 14.7. The number of imide groups is 1. The van der Waals surface area contributed by atoms with E-state index in [1.807, 2.05) is 24.3 Å². The molecule has 1 unspecified atom stereocenters. The van der Waals surface area contributed by atoms with Crippen LogP contribution in [0.3, 0.4) is 0 Å². The van der Waals surface area contributed by atoms with Crippen molar-refractivity contribution in [2.45, 2.75) is 39.0 Å². The number of aromatic nitrogens is 2. The zero-order valence-corrected chi connectivity index (χ0v) is 17.8. The number of nitrogens with zero attached hydrogens (tertiary/aromatic N) is 2. The summed E-state index contributed by atoms with van der Waals surface area (Å²) in [7, 11) is 0. The molecule has 0 aliphatic carbocycles. The van der Waals surface area contributed by atoms with E-state index in [1.165, 1.54) is 12.1 Å². The van der Waals surface area contributed by atoms with Gasteiger partial charge in [0.05, 0.1) is 22.7 Å². The largest absolute Gasteiger partial charge is 0.274 e. The molecule has 1 aliphatic rings. The van der Waals surface area contributed by atoms with Crippen molar-refractivity contribution in [3.63, 3.8) is 0 Å². The van der Waals surface area contributed by atoms with E-state index in [2.05, 4.69) is 17.1 Å². The lowest BCUT2D eigenvalue weighted by atomic mass is 10.0. The first-order valence-electron chi connectivity index (χ1n) is 10.8. The topological polar surface area (TPSA) is 83.1 Å². The third-order valence-corrected chi connectivity index (χ3v) is 5.68. The molecule has 0 bridgehead atoms. The van der Waals surface area contributed by atoms with Crippen LogP contribution in [-0.2, 0) is 16.0 Å². The zero-order chi connectivity index (χ0) is 22.7. The maximum Gasteiger partial charge on any atom is 0.272 e. The van der Waals surface area contributed by atoms with Crippen LogP contribution >= 0.6 is 0 Å². The average molecular weight is 433 g/mol. The minimum Gasteiger partial charge on any atom is -0.274 e. The molecule has 0 saturated carbocycles. The number of halogens is 1. The lowest BCUT2D eigenvalue weighted by Gasteiger charge is -2.17. The first kappa shape index (κ1) is 21.6. The Balaban J connectivity index is 1.61. The van der Waals surface area contributed by atoms with Crippen LogP contribution in [-0.4, -0.2) is 22.0 Å². The van der Waals surface area contributed by atoms with Crippen LogP contribution in [0.2, 0.25) is 0 Å². The van der Waals surface area contributed by atoms with Crippen molar-refractivity contribution in [3.8, 4) is 0 Å². The van der Waals surface area contributed by atoms with Gasteiger partial charge in [-0.05, 0) is 36.6 Å². The summed E-state index contributed by atoms with van der Waals surface area (Å²) >= 11 is 0. The van der Waals surface area contributed by atoms with Gasteiger partial charge in [0, 0.05) is 18.2 Å². The molecule has 7 heteroatoms. The number of amides is 2. The van der Waals surface area contributed by atoms with Crippen molar-refractivity contribution in [2.24, 2.45) is 5.92 Å². The molecule has 2 aromatic carbocycles. The minimum absolute atomic E-state index is 0.0359. The van der Waals surface area contributed by atoms with Gasteiger partial charge in [0.1, 0.15) is 5.82 Å². The van der Waals surface area contributed by atoms with Crippen molar-refractivity contribution in [2.75, 3.05) is 4.90 Å². The van der Waals surface area contributed by atoms with E-state index in [0.29, 0.717) is 34.9 Å². The normalized spacial score (nSPS) is 16.6. The quantitative estimate of drug-likeness (QED) is 0.445. The molecule has 1 saturated heterocycles. The van der Waals surface area contributed by atoms with Gasteiger partial charge in [-0.2, -0.15) is 5.10 Å². The molecule has 1 N–H and O–H groups in total. The van der Waals surface area contributed by atoms with Crippen molar-refractivity contribution in [1.82, 2.24) is 10.2 Å². The van der Waals surface area contributed by atoms with Gasteiger partial charge in [-0.3, -0.25) is 14.4 Å². The number of carbonyl (C=O) groups excluding carboxylic acids is 2. The summed E-state index contributed by atoms with van der Waals surface area (Å²) in [5.74, 6) is -1.87. The van der Waals surface area contributed by atoms with Gasteiger partial charge in [0.15, 0.2) is 0 Å². The van der Waals surface area contributed by atoms with Gasteiger partial charge in [0.25, 0.3) is 5.56 Å². The van der Waals surface area contributed by atoms with Gasteiger partial charge in [0.2, 0.25) is 11.8 Å². The summed E-state index contributed by atoms with van der Waals surface area (Å²) < 4.78 is 14.7. The summed E-state index contributed by atoms with van der Waals surface area (Å²) in [6.45, 7) is 2.07. The van der Waals surface area contributed by atoms with Gasteiger partial charge in [-0.15, -0.1) is 0 Å². The molecule has 1 aromatic heterocycles. The number of carbonyl (C=O) groups is 2. The second-order valence-corrected chi connectivity index (χ2v) is 7.97. The van der Waals surface area contributed by atoms with E-state index in [0.717, 1.165) is 17.7 Å². The fourth-order valence-corrected chi connectivity index (χ4v) is 4.02. The molecule has 3 aromatic rings. The number of H-pyrrole nitrogens is 1. The molecular weight excluding hydrogens is 409 g/mol. The average Bonchev–Trinajstić information content (AvgIpc) is 3.07. The van der Waals surface area contributed by atoms with E-state index in [9.17, 15) is 18.8 Å². The standard InChI is InChI=1S/C25H24FN3O3/c1-2-3-4-5-8-17-15-23(30)29(25(17)32)22-14-16(11-12-20(22)26)13-21-18-9-6-7-10-19(18)24(31)28-27-21/h4-7,9-12,14,17H,2-3,8,13,15H2,1H3,(H,28,31). The van der Waals surface area contributed by atoms with E-state index in [-0.39, 0.29) is 23.6 Å². The van der Waals surface area contributed by atoms with Crippen molar-refractivity contribution >= 4 is 28.3 Å². The maximum absolute atomic E-state index is 14.7. The highest BCUT2D eigenvalue weighted by molar-refractivity contribution is 6.21. The van der Waals surface area contributed by atoms with Crippen molar-refractivity contribution in [1.29, 1.82) is 0 Å². The Bertz CT molecular complexity index is 1260. The van der Waals surface area contributed by atoms with E-state index >= 15 is 0 Å². The predicted molar refractivity (Wildman–Crippen MR) is 121 cm³/mol. The van der Waals surface area contributed by atoms with Crippen LogP contribution in [0.15, 0.2) is 59.4 Å². The summed E-state index contributed by atoms with van der Waals surface area (Å²) in [5.41, 5.74) is 0.983. The smallest absolute Gasteiger partial charge is 0.272 e. The molecule has 1 atom stereocenters. The molecular formula is C25H24FN3O3. The first-order valence-corrected chi connectivity index (χ1v) is 10.8. The molecule has 1 aliphatic heterocycles. The van der Waals surface area contributed by atoms with Gasteiger partial charge < -0.3 is 0 Å². The second kappa shape index (κ2) is 9.26. The minimum atomic E-state index is -0.628. The number of benzene rings is 2. The number of nitrogens with one attached hydrogen (secondary N) is 1. The Morgan fingerprint density at radius 2 is 1.91 bits per heavy atom. The first-order chi connectivity index (χ1) is 15.5. The van der Waals surface area contributed by atoms with Crippen LogP contribution < -0.4 is 10.5 Å². The highest BCUT2D eigenvalue weighted by Crippen LogP contribution is 2.32. The molecule has 1 fully saturated rings. The van der Waals surface area contributed by atoms with Crippen LogP contribution in [0.1, 0.15) is 43.9 Å². The fourth-order valence-electron chi connectivity index (χ4n) is 4.02.